The lowest BCUT2D eigenvalue weighted by atomic mass is 10.0. The molecule has 0 amide bonds. The maximum atomic E-state index is 13.4. The van der Waals surface area contributed by atoms with Gasteiger partial charge in [0, 0.05) is 11.3 Å². The molecule has 0 spiro atoms. The fourth-order valence-corrected chi connectivity index (χ4v) is 2.46. The summed E-state index contributed by atoms with van der Waals surface area (Å²) in [6, 6.07) is 7.46. The van der Waals surface area contributed by atoms with Gasteiger partial charge in [0.15, 0.2) is 6.17 Å². The van der Waals surface area contributed by atoms with Crippen molar-refractivity contribution in [1.29, 1.82) is 0 Å². The molecule has 1 rings (SSSR count). The maximum Gasteiger partial charge on any atom is 0.349 e. The number of thioether (sulfide) groups is 1. The first-order valence-corrected chi connectivity index (χ1v) is 7.54. The number of halogens is 8. The van der Waals surface area contributed by atoms with Gasteiger partial charge in [-0.1, -0.05) is 42.1 Å². The Kier molecular flexibility index (Phi) is 7.06. The number of hydrogen-bond acceptors (Lipinski definition) is 2. The van der Waals surface area contributed by atoms with Crippen LogP contribution in [0.3, 0.4) is 0 Å². The van der Waals surface area contributed by atoms with E-state index in [1.54, 1.807) is 6.07 Å². The number of benzene rings is 1. The van der Waals surface area contributed by atoms with Crippen LogP contribution in [0.25, 0.3) is 0 Å². The molecule has 0 N–H and O–H groups in total. The Bertz CT molecular complexity index is 537. The summed E-state index contributed by atoms with van der Waals surface area (Å²) < 4.78 is 102. The van der Waals surface area contributed by atoms with Gasteiger partial charge < -0.3 is 0 Å². The third-order valence-electron chi connectivity index (χ3n) is 3.02. The molecule has 24 heavy (non-hydrogen) atoms. The van der Waals surface area contributed by atoms with Gasteiger partial charge in [0.25, 0.3) is 6.43 Å². The summed E-state index contributed by atoms with van der Waals surface area (Å²) in [6.07, 6.45) is -13.7. The number of hydrogen-bond donors (Lipinski definition) is 0. The average molecular weight is 380 g/mol. The first kappa shape index (κ1) is 20.7. The summed E-state index contributed by atoms with van der Waals surface area (Å²) in [6.45, 7) is 0. The van der Waals surface area contributed by atoms with E-state index >= 15 is 0 Å². The fourth-order valence-electron chi connectivity index (χ4n) is 1.64. The fraction of sp³-hybridized carbons (Fsp3) is 0.500. The molecule has 0 heterocycles. The van der Waals surface area contributed by atoms with Crippen molar-refractivity contribution in [2.75, 3.05) is 5.75 Å². The van der Waals surface area contributed by atoms with Crippen LogP contribution in [0.1, 0.15) is 16.8 Å². The minimum Gasteiger partial charge on any atom is -0.282 e. The maximum absolute atomic E-state index is 13.4. The molecule has 1 aromatic rings. The highest BCUT2D eigenvalue weighted by Gasteiger charge is 2.68. The molecule has 0 bridgehead atoms. The third-order valence-corrected chi connectivity index (χ3v) is 3.96. The van der Waals surface area contributed by atoms with E-state index in [0.29, 0.717) is 11.8 Å². The van der Waals surface area contributed by atoms with Crippen LogP contribution in [0.4, 0.5) is 35.1 Å². The second-order valence-electron chi connectivity index (χ2n) is 4.74. The Labute approximate surface area is 136 Å². The largest absolute Gasteiger partial charge is 0.349 e. The molecule has 10 heteroatoms. The van der Waals surface area contributed by atoms with Crippen LogP contribution in [0.5, 0.6) is 0 Å². The normalized spacial score (nSPS) is 15.4. The van der Waals surface area contributed by atoms with Crippen molar-refractivity contribution in [3.8, 4) is 0 Å². The molecule has 0 aromatic heterocycles. The zero-order chi connectivity index (χ0) is 18.5. The van der Waals surface area contributed by atoms with E-state index in [4.69, 9.17) is 0 Å². The van der Waals surface area contributed by atoms with Crippen molar-refractivity contribution in [1.82, 2.24) is 0 Å². The lowest BCUT2D eigenvalue weighted by molar-refractivity contribution is -0.278. The van der Waals surface area contributed by atoms with E-state index in [0.717, 1.165) is 0 Å². The monoisotopic (exact) mass is 380 g/mol. The van der Waals surface area contributed by atoms with Gasteiger partial charge in [-0.15, -0.1) is 0 Å². The molecule has 0 saturated carbocycles. The molecule has 1 nitrogen and oxygen atoms in total. The molecule has 0 saturated heterocycles. The standard InChI is InChI=1S/C14H12F8OS/c15-9(13(19,20)14(21,22)10(16)11(17)18)6-7-24-12(23)8-4-2-1-3-5-8/h1-5,9-11H,6-7H2. The Morgan fingerprint density at radius 2 is 1.50 bits per heavy atom. The molecule has 0 aliphatic heterocycles. The lowest BCUT2D eigenvalue weighted by Crippen LogP contribution is -2.55. The molecular weight excluding hydrogens is 368 g/mol. The van der Waals surface area contributed by atoms with E-state index in [2.05, 4.69) is 0 Å². The summed E-state index contributed by atoms with van der Waals surface area (Å²) in [7, 11) is 0. The van der Waals surface area contributed by atoms with Gasteiger partial charge in [-0.3, -0.25) is 4.79 Å². The van der Waals surface area contributed by atoms with Crippen molar-refractivity contribution in [3.05, 3.63) is 35.9 Å². The second-order valence-corrected chi connectivity index (χ2v) is 5.81. The van der Waals surface area contributed by atoms with Crippen molar-refractivity contribution < 1.29 is 39.9 Å². The van der Waals surface area contributed by atoms with Gasteiger partial charge in [-0.05, 0) is 6.42 Å². The Hall–Kier alpha value is -1.32. The summed E-state index contributed by atoms with van der Waals surface area (Å²) in [4.78, 5) is 11.6. The number of alkyl halides is 8. The first-order chi connectivity index (χ1) is 11.0. The summed E-state index contributed by atoms with van der Waals surface area (Å²) >= 11 is 0.400. The number of carbonyl (C=O) groups excluding carboxylic acids is 1. The molecule has 2 unspecified atom stereocenters. The Morgan fingerprint density at radius 1 is 0.958 bits per heavy atom. The Balaban J connectivity index is 2.63. The summed E-state index contributed by atoms with van der Waals surface area (Å²) in [5, 5.41) is -0.603. The molecule has 2 atom stereocenters. The summed E-state index contributed by atoms with van der Waals surface area (Å²) in [5.41, 5.74) is 0.191. The van der Waals surface area contributed by atoms with Crippen molar-refractivity contribution in [3.63, 3.8) is 0 Å². The van der Waals surface area contributed by atoms with E-state index in [-0.39, 0.29) is 5.56 Å². The smallest absolute Gasteiger partial charge is 0.282 e. The van der Waals surface area contributed by atoms with Gasteiger partial charge in [0.1, 0.15) is 0 Å². The van der Waals surface area contributed by atoms with Crippen LogP contribution < -0.4 is 0 Å². The van der Waals surface area contributed by atoms with Gasteiger partial charge >= 0.3 is 11.8 Å². The summed E-state index contributed by atoms with van der Waals surface area (Å²) in [5.74, 6) is -12.1. The number of rotatable bonds is 8. The molecule has 0 aliphatic rings. The van der Waals surface area contributed by atoms with Crippen LogP contribution in [0.15, 0.2) is 30.3 Å². The van der Waals surface area contributed by atoms with E-state index in [1.807, 2.05) is 0 Å². The number of carbonyl (C=O) groups is 1. The van der Waals surface area contributed by atoms with Gasteiger partial charge in [0.2, 0.25) is 11.3 Å². The first-order valence-electron chi connectivity index (χ1n) is 6.56. The highest BCUT2D eigenvalue weighted by Crippen LogP contribution is 2.44. The highest BCUT2D eigenvalue weighted by atomic mass is 32.2. The van der Waals surface area contributed by atoms with Crippen LogP contribution >= 0.6 is 11.8 Å². The third kappa shape index (κ3) is 4.61. The topological polar surface area (TPSA) is 17.1 Å². The van der Waals surface area contributed by atoms with Crippen molar-refractivity contribution in [2.24, 2.45) is 0 Å². The Morgan fingerprint density at radius 3 is 2.00 bits per heavy atom. The van der Waals surface area contributed by atoms with Crippen molar-refractivity contribution in [2.45, 2.75) is 37.0 Å². The molecule has 0 fully saturated rings. The molecule has 136 valence electrons. The zero-order valence-electron chi connectivity index (χ0n) is 11.9. The predicted molar refractivity (Wildman–Crippen MR) is 73.5 cm³/mol. The van der Waals surface area contributed by atoms with E-state index in [1.165, 1.54) is 24.3 Å². The van der Waals surface area contributed by atoms with Crippen LogP contribution in [-0.2, 0) is 0 Å². The van der Waals surface area contributed by atoms with E-state index < -0.39 is 47.9 Å². The highest BCUT2D eigenvalue weighted by molar-refractivity contribution is 8.14. The predicted octanol–water partition coefficient (Wildman–Crippen LogP) is 5.16. The van der Waals surface area contributed by atoms with Crippen LogP contribution in [0.2, 0.25) is 0 Å². The van der Waals surface area contributed by atoms with Crippen molar-refractivity contribution >= 4 is 16.9 Å². The minimum absolute atomic E-state index is 0.191. The van der Waals surface area contributed by atoms with E-state index in [9.17, 15) is 39.9 Å². The molecule has 0 aliphatic carbocycles. The zero-order valence-corrected chi connectivity index (χ0v) is 12.7. The lowest BCUT2D eigenvalue weighted by Gasteiger charge is -2.30. The minimum atomic E-state index is -5.87. The van der Waals surface area contributed by atoms with Gasteiger partial charge in [-0.2, -0.15) is 17.6 Å². The van der Waals surface area contributed by atoms with Gasteiger partial charge in [0.05, 0.1) is 0 Å². The molecular formula is C14H12F8OS. The molecule has 1 aromatic carbocycles. The quantitative estimate of drug-likeness (QED) is 0.580. The van der Waals surface area contributed by atoms with Crippen LogP contribution in [0, 0.1) is 0 Å². The molecule has 0 radical (unpaired) electrons. The SMILES string of the molecule is O=C(SCCC(F)C(F)(F)C(F)(F)C(F)C(F)F)c1ccccc1. The average Bonchev–Trinajstić information content (AvgIpc) is 2.54. The van der Waals surface area contributed by atoms with Crippen LogP contribution in [-0.4, -0.2) is 41.5 Å². The van der Waals surface area contributed by atoms with Gasteiger partial charge in [-0.25, -0.2) is 17.6 Å². The second kappa shape index (κ2) is 8.17.